The molecular formula is C11H13N3OS. The first kappa shape index (κ1) is 10.9. The van der Waals surface area contributed by atoms with Crippen LogP contribution >= 0.6 is 11.5 Å². The summed E-state index contributed by atoms with van der Waals surface area (Å²) in [5, 5.41) is 3.99. The number of hydrogen-bond acceptors (Lipinski definition) is 5. The van der Waals surface area contributed by atoms with E-state index in [0.717, 1.165) is 28.8 Å². The highest BCUT2D eigenvalue weighted by Crippen LogP contribution is 2.24. The second-order valence-electron chi connectivity index (χ2n) is 3.19. The Morgan fingerprint density at radius 3 is 3.06 bits per heavy atom. The number of methoxy groups -OCH3 is 1. The van der Waals surface area contributed by atoms with Crippen molar-refractivity contribution in [3.63, 3.8) is 0 Å². The molecule has 1 aromatic heterocycles. The largest absolute Gasteiger partial charge is 0.497 e. The first-order valence-electron chi connectivity index (χ1n) is 5.05. The minimum absolute atomic E-state index is 0.736. The van der Waals surface area contributed by atoms with E-state index in [1.54, 1.807) is 7.11 Å². The summed E-state index contributed by atoms with van der Waals surface area (Å²) in [6, 6.07) is 7.74. The van der Waals surface area contributed by atoms with Crippen molar-refractivity contribution in [3.05, 3.63) is 24.3 Å². The highest BCUT2D eigenvalue weighted by molar-refractivity contribution is 7.09. The Kier molecular flexibility index (Phi) is 3.36. The van der Waals surface area contributed by atoms with Crippen LogP contribution in [0.5, 0.6) is 5.75 Å². The molecule has 16 heavy (non-hydrogen) atoms. The molecule has 0 saturated carbocycles. The normalized spacial score (nSPS) is 10.1. The maximum Gasteiger partial charge on any atom is 0.202 e. The molecule has 4 nitrogen and oxygen atoms in total. The van der Waals surface area contributed by atoms with Crippen LogP contribution in [0.1, 0.15) is 6.92 Å². The lowest BCUT2D eigenvalue weighted by atomic mass is 10.2. The van der Waals surface area contributed by atoms with E-state index < -0.39 is 0 Å². The molecule has 1 aromatic carbocycles. The summed E-state index contributed by atoms with van der Waals surface area (Å²) in [5.41, 5.74) is 0.972. The lowest BCUT2D eigenvalue weighted by Gasteiger charge is -2.00. The number of rotatable bonds is 4. The lowest BCUT2D eigenvalue weighted by molar-refractivity contribution is 0.415. The van der Waals surface area contributed by atoms with Crippen LogP contribution in [0.4, 0.5) is 5.13 Å². The van der Waals surface area contributed by atoms with Gasteiger partial charge in [0.15, 0.2) is 5.82 Å². The van der Waals surface area contributed by atoms with Crippen molar-refractivity contribution in [2.24, 2.45) is 0 Å². The number of ether oxygens (including phenoxy) is 1. The third-order valence-electron chi connectivity index (χ3n) is 2.08. The molecule has 2 aromatic rings. The fourth-order valence-corrected chi connectivity index (χ4v) is 1.98. The third-order valence-corrected chi connectivity index (χ3v) is 2.75. The maximum atomic E-state index is 5.16. The number of anilines is 1. The molecule has 2 rings (SSSR count). The van der Waals surface area contributed by atoms with Crippen molar-refractivity contribution in [1.29, 1.82) is 0 Å². The van der Waals surface area contributed by atoms with Crippen LogP contribution < -0.4 is 10.1 Å². The van der Waals surface area contributed by atoms with E-state index in [9.17, 15) is 0 Å². The van der Waals surface area contributed by atoms with Gasteiger partial charge in [0, 0.05) is 23.6 Å². The van der Waals surface area contributed by atoms with Crippen molar-refractivity contribution >= 4 is 16.7 Å². The van der Waals surface area contributed by atoms with Crippen molar-refractivity contribution in [2.45, 2.75) is 6.92 Å². The molecule has 0 spiro atoms. The van der Waals surface area contributed by atoms with Gasteiger partial charge in [0.1, 0.15) is 5.75 Å². The molecule has 5 heteroatoms. The van der Waals surface area contributed by atoms with Crippen molar-refractivity contribution in [3.8, 4) is 17.1 Å². The highest BCUT2D eigenvalue weighted by Gasteiger charge is 2.06. The number of nitrogens with one attached hydrogen (secondary N) is 1. The van der Waals surface area contributed by atoms with Gasteiger partial charge in [0.05, 0.1) is 7.11 Å². The van der Waals surface area contributed by atoms with Gasteiger partial charge in [-0.2, -0.15) is 9.36 Å². The summed E-state index contributed by atoms with van der Waals surface area (Å²) in [7, 11) is 1.65. The van der Waals surface area contributed by atoms with E-state index in [2.05, 4.69) is 14.7 Å². The highest BCUT2D eigenvalue weighted by atomic mass is 32.1. The quantitative estimate of drug-likeness (QED) is 0.885. The van der Waals surface area contributed by atoms with Crippen LogP contribution in [0, 0.1) is 0 Å². The first-order chi connectivity index (χ1) is 7.83. The third kappa shape index (κ3) is 2.30. The average Bonchev–Trinajstić information content (AvgIpc) is 2.78. The minimum atomic E-state index is 0.736. The molecule has 0 amide bonds. The molecule has 0 unspecified atom stereocenters. The Morgan fingerprint density at radius 1 is 1.44 bits per heavy atom. The fourth-order valence-electron chi connectivity index (χ4n) is 1.33. The van der Waals surface area contributed by atoms with E-state index in [4.69, 9.17) is 4.74 Å². The van der Waals surface area contributed by atoms with E-state index in [1.807, 2.05) is 31.2 Å². The predicted molar refractivity (Wildman–Crippen MR) is 66.1 cm³/mol. The average molecular weight is 235 g/mol. The zero-order valence-corrected chi connectivity index (χ0v) is 10.0. The van der Waals surface area contributed by atoms with E-state index in [1.165, 1.54) is 11.5 Å². The Morgan fingerprint density at radius 2 is 2.31 bits per heavy atom. The molecule has 0 atom stereocenters. The maximum absolute atomic E-state index is 5.16. The summed E-state index contributed by atoms with van der Waals surface area (Å²) >= 11 is 1.37. The minimum Gasteiger partial charge on any atom is -0.497 e. The lowest BCUT2D eigenvalue weighted by Crippen LogP contribution is -1.95. The van der Waals surface area contributed by atoms with Gasteiger partial charge in [-0.1, -0.05) is 12.1 Å². The van der Waals surface area contributed by atoms with Crippen LogP contribution in [-0.2, 0) is 0 Å². The van der Waals surface area contributed by atoms with Crippen LogP contribution in [0.2, 0.25) is 0 Å². The molecule has 0 bridgehead atoms. The van der Waals surface area contributed by atoms with Gasteiger partial charge in [-0.25, -0.2) is 0 Å². The Bertz CT molecular complexity index is 470. The molecule has 1 N–H and O–H groups in total. The SMILES string of the molecule is CCNc1nc(-c2cccc(OC)c2)ns1. The molecule has 0 aliphatic carbocycles. The summed E-state index contributed by atoms with van der Waals surface area (Å²) < 4.78 is 9.46. The number of aromatic nitrogens is 2. The van der Waals surface area contributed by atoms with E-state index in [0.29, 0.717) is 0 Å². The number of benzene rings is 1. The Labute approximate surface area is 98.5 Å². The zero-order valence-electron chi connectivity index (χ0n) is 9.23. The molecule has 0 saturated heterocycles. The van der Waals surface area contributed by atoms with Crippen LogP contribution in [0.3, 0.4) is 0 Å². The van der Waals surface area contributed by atoms with Gasteiger partial charge in [-0.15, -0.1) is 0 Å². The molecule has 0 aliphatic heterocycles. The van der Waals surface area contributed by atoms with Crippen molar-refractivity contribution < 1.29 is 4.74 Å². The van der Waals surface area contributed by atoms with Crippen molar-refractivity contribution in [1.82, 2.24) is 9.36 Å². The standard InChI is InChI=1S/C11H13N3OS/c1-3-12-11-13-10(14-16-11)8-5-4-6-9(7-8)15-2/h4-7H,3H2,1-2H3,(H,12,13,14). The van der Waals surface area contributed by atoms with Gasteiger partial charge in [-0.05, 0) is 19.1 Å². The smallest absolute Gasteiger partial charge is 0.202 e. The fraction of sp³-hybridized carbons (Fsp3) is 0.273. The molecule has 0 fully saturated rings. The zero-order chi connectivity index (χ0) is 11.4. The van der Waals surface area contributed by atoms with E-state index in [-0.39, 0.29) is 0 Å². The second-order valence-corrected chi connectivity index (χ2v) is 3.94. The summed E-state index contributed by atoms with van der Waals surface area (Å²) in [4.78, 5) is 4.39. The van der Waals surface area contributed by atoms with E-state index >= 15 is 0 Å². The molecule has 84 valence electrons. The van der Waals surface area contributed by atoms with Gasteiger partial charge in [-0.3, -0.25) is 0 Å². The van der Waals surface area contributed by atoms with Gasteiger partial charge in [0.2, 0.25) is 5.13 Å². The van der Waals surface area contributed by atoms with Crippen LogP contribution in [-0.4, -0.2) is 23.0 Å². The van der Waals surface area contributed by atoms with Crippen LogP contribution in [0.15, 0.2) is 24.3 Å². The topological polar surface area (TPSA) is 47.0 Å². The van der Waals surface area contributed by atoms with Gasteiger partial charge in [0.25, 0.3) is 0 Å². The Balaban J connectivity index is 2.27. The summed E-state index contributed by atoms with van der Waals surface area (Å²) in [5.74, 6) is 1.55. The number of nitrogens with zero attached hydrogens (tertiary/aromatic N) is 2. The predicted octanol–water partition coefficient (Wildman–Crippen LogP) is 2.65. The first-order valence-corrected chi connectivity index (χ1v) is 5.83. The summed E-state index contributed by atoms with van der Waals surface area (Å²) in [6.45, 7) is 2.89. The monoisotopic (exact) mass is 235 g/mol. The van der Waals surface area contributed by atoms with Gasteiger partial charge < -0.3 is 10.1 Å². The molecule has 0 radical (unpaired) electrons. The molecule has 0 aliphatic rings. The van der Waals surface area contributed by atoms with Crippen molar-refractivity contribution in [2.75, 3.05) is 19.0 Å². The molecule has 1 heterocycles. The van der Waals surface area contributed by atoms with Crippen LogP contribution in [0.25, 0.3) is 11.4 Å². The number of hydrogen-bond donors (Lipinski definition) is 1. The Hall–Kier alpha value is -1.62. The summed E-state index contributed by atoms with van der Waals surface area (Å²) in [6.07, 6.45) is 0. The second kappa shape index (κ2) is 4.94. The molecular weight excluding hydrogens is 222 g/mol. The van der Waals surface area contributed by atoms with Gasteiger partial charge >= 0.3 is 0 Å².